The molecule has 0 unspecified atom stereocenters. The first-order valence-electron chi connectivity index (χ1n) is 0. The average Bonchev–Trinajstić information content (AvgIpc) is 0. The molecule has 4 heavy (non-hydrogen) atoms. The molecule has 0 N–H and O–H groups in total. The van der Waals surface area contributed by atoms with E-state index in [9.17, 15) is 0 Å². The first kappa shape index (κ1) is 28.6. The van der Waals surface area contributed by atoms with E-state index in [-0.39, 0.29) is 88.2 Å². The Kier molecular flexibility index (Phi) is 121. The summed E-state index contributed by atoms with van der Waals surface area (Å²) in [5.41, 5.74) is 0. The summed E-state index contributed by atoms with van der Waals surface area (Å²) in [7, 11) is 0. The molecule has 0 heterocycles. The number of hydrogen-bond donors (Lipinski definition) is 0. The second-order valence-corrected chi connectivity index (χ2v) is 0. The van der Waals surface area contributed by atoms with Gasteiger partial charge in [0.05, 0.1) is 0 Å². The van der Waals surface area contributed by atoms with Gasteiger partial charge >= 0.3 is 71.7 Å². The van der Waals surface area contributed by atoms with Crippen molar-refractivity contribution in [2.75, 3.05) is 0 Å². The maximum atomic E-state index is 0. The Bertz CT molecular complexity index is 3.25. The molecule has 0 nitrogen and oxygen atoms in total. The Hall–Kier alpha value is 2.89. The van der Waals surface area contributed by atoms with E-state index in [1.165, 1.54) is 0 Å². The molecule has 0 rings (SSSR count). The molecule has 0 fully saturated rings. The van der Waals surface area contributed by atoms with Gasteiger partial charge in [0.1, 0.15) is 0 Å². The Morgan fingerprint density at radius 1 is 0.500 bits per heavy atom. The molecule has 0 aliphatic carbocycles. The van der Waals surface area contributed by atoms with Gasteiger partial charge in [0.25, 0.3) is 0 Å². The van der Waals surface area contributed by atoms with Gasteiger partial charge in [-0.1, -0.05) is 0 Å². The minimum absolute atomic E-state index is 0. The van der Waals surface area contributed by atoms with E-state index in [2.05, 4.69) is 0 Å². The zero-order chi connectivity index (χ0) is 0. The van der Waals surface area contributed by atoms with Crippen LogP contribution in [0.25, 0.3) is 0 Å². The van der Waals surface area contributed by atoms with Gasteiger partial charge in [-0.3, -0.25) is 0 Å². The predicted octanol–water partition coefficient (Wildman–Crippen LogP) is -2.75. The Morgan fingerprint density at radius 2 is 0.500 bits per heavy atom. The molecule has 0 saturated carbocycles. The van der Waals surface area contributed by atoms with E-state index in [1.807, 2.05) is 0 Å². The minimum atomic E-state index is 0. The summed E-state index contributed by atoms with van der Waals surface area (Å²) in [5, 5.41) is 0. The van der Waals surface area contributed by atoms with Crippen molar-refractivity contribution >= 4 is 71.7 Å². The second kappa shape index (κ2) is 16.9. The molecule has 6 radical (unpaired) electrons. The molecule has 0 aliphatic heterocycles. The van der Waals surface area contributed by atoms with Crippen LogP contribution in [-0.2, 0) is 16.5 Å². The molecule has 0 spiro atoms. The van der Waals surface area contributed by atoms with E-state index in [1.54, 1.807) is 0 Å². The Labute approximate surface area is 86.7 Å². The van der Waals surface area contributed by atoms with Crippen molar-refractivity contribution < 1.29 is 16.5 Å². The van der Waals surface area contributed by atoms with Gasteiger partial charge in [0.2, 0.25) is 0 Å². The van der Waals surface area contributed by atoms with Crippen LogP contribution < -0.4 is 0 Å². The molecular weight excluding hydrogens is 415 g/mol. The molecule has 0 amide bonds. The molecule has 4 heteroatoms. The number of hydrogen-bond acceptors (Lipinski definition) is 0. The van der Waals surface area contributed by atoms with E-state index >= 15 is 0 Å². The summed E-state index contributed by atoms with van der Waals surface area (Å²) >= 11 is 0. The fraction of sp³-hybridized carbons (Fsp3) is 0. The van der Waals surface area contributed by atoms with Gasteiger partial charge in [-0.2, -0.15) is 0 Å². The third-order valence-electron chi connectivity index (χ3n) is 0. The van der Waals surface area contributed by atoms with Crippen molar-refractivity contribution in [2.24, 2.45) is 0 Å². The molecule has 0 bridgehead atoms. The van der Waals surface area contributed by atoms with Gasteiger partial charge < -0.3 is 0 Å². The fourth-order valence-electron chi connectivity index (χ4n) is 0. The van der Waals surface area contributed by atoms with Crippen LogP contribution in [0.4, 0.5) is 0 Å². The van der Waals surface area contributed by atoms with Crippen molar-refractivity contribution in [1.82, 2.24) is 0 Å². The van der Waals surface area contributed by atoms with E-state index < -0.39 is 0 Å². The first-order valence-corrected chi connectivity index (χ1v) is 0. The number of rotatable bonds is 0. The standard InChI is InChI=1S/Ni.3Sn.6H. The molecule has 28 valence electrons. The maximum absolute atomic E-state index is 0. The monoisotopic (exact) mass is 424 g/mol. The van der Waals surface area contributed by atoms with Gasteiger partial charge in [-0.15, -0.1) is 0 Å². The van der Waals surface area contributed by atoms with E-state index in [0.717, 1.165) is 0 Å². The van der Waals surface area contributed by atoms with Crippen LogP contribution in [0.2, 0.25) is 0 Å². The van der Waals surface area contributed by atoms with Gasteiger partial charge in [0, 0.05) is 16.5 Å². The summed E-state index contributed by atoms with van der Waals surface area (Å²) < 4.78 is 0. The molecule has 0 aromatic rings. The van der Waals surface area contributed by atoms with Crippen LogP contribution in [0.3, 0.4) is 0 Å². The summed E-state index contributed by atoms with van der Waals surface area (Å²) in [6.45, 7) is 0. The molecule has 0 aromatic carbocycles. The van der Waals surface area contributed by atoms with Gasteiger partial charge in [-0.25, -0.2) is 0 Å². The van der Waals surface area contributed by atoms with Gasteiger partial charge in [-0.05, 0) is 0 Å². The van der Waals surface area contributed by atoms with Crippen LogP contribution in [0.1, 0.15) is 0 Å². The third kappa shape index (κ3) is 8.86. The Morgan fingerprint density at radius 3 is 0.500 bits per heavy atom. The van der Waals surface area contributed by atoms with E-state index in [0.29, 0.717) is 0 Å². The van der Waals surface area contributed by atoms with Crippen molar-refractivity contribution in [2.45, 2.75) is 0 Å². The van der Waals surface area contributed by atoms with Crippen molar-refractivity contribution in [3.63, 3.8) is 0 Å². The van der Waals surface area contributed by atoms with Crippen LogP contribution in [0.15, 0.2) is 0 Å². The Balaban J connectivity index is 0. The van der Waals surface area contributed by atoms with Crippen molar-refractivity contribution in [3.8, 4) is 0 Å². The van der Waals surface area contributed by atoms with Crippen LogP contribution in [0.5, 0.6) is 0 Å². The average molecular weight is 421 g/mol. The second-order valence-electron chi connectivity index (χ2n) is 0. The zero-order valence-electron chi connectivity index (χ0n) is 2.44. The fourth-order valence-corrected chi connectivity index (χ4v) is 0. The first-order chi connectivity index (χ1) is 0. The van der Waals surface area contributed by atoms with Crippen molar-refractivity contribution in [1.29, 1.82) is 0 Å². The molecule has 0 aromatic heterocycles. The SMILES string of the molecule is [Ni].[SnH2].[SnH2].[SnH2]. The summed E-state index contributed by atoms with van der Waals surface area (Å²) in [6.07, 6.45) is 0. The molecule has 0 atom stereocenters. The zero-order valence-corrected chi connectivity index (χ0v) is 15.5. The van der Waals surface area contributed by atoms with Crippen LogP contribution in [-0.4, -0.2) is 71.7 Å². The quantitative estimate of drug-likeness (QED) is 0.373. The normalized spacial score (nSPS) is 0. The molecular formula is H6NiSn3. The van der Waals surface area contributed by atoms with Crippen LogP contribution in [0, 0.1) is 0 Å². The van der Waals surface area contributed by atoms with Crippen molar-refractivity contribution in [3.05, 3.63) is 0 Å². The summed E-state index contributed by atoms with van der Waals surface area (Å²) in [4.78, 5) is 0. The van der Waals surface area contributed by atoms with Gasteiger partial charge in [0.15, 0.2) is 0 Å². The van der Waals surface area contributed by atoms with E-state index in [4.69, 9.17) is 0 Å². The third-order valence-corrected chi connectivity index (χ3v) is 0. The molecule has 0 saturated heterocycles. The van der Waals surface area contributed by atoms with Crippen LogP contribution >= 0.6 is 0 Å². The molecule has 0 aliphatic rings. The predicted molar refractivity (Wildman–Crippen MR) is 25.6 cm³/mol. The topological polar surface area (TPSA) is 0 Å². The summed E-state index contributed by atoms with van der Waals surface area (Å²) in [5.74, 6) is 0. The summed E-state index contributed by atoms with van der Waals surface area (Å²) in [6, 6.07) is 0.